The average molecular weight is 467 g/mol. The van der Waals surface area contributed by atoms with Crippen LogP contribution >= 0.6 is 11.6 Å². The SMILES string of the molecule is CCC(=O)O[C@]1(C(=O)CCl)C(C)CC2C3CCC4=CC(=O)C=C[C@]4(C)[C@@]3(F)C(O)C[C@@]21C. The van der Waals surface area contributed by atoms with E-state index in [0.29, 0.717) is 24.8 Å². The highest BCUT2D eigenvalue weighted by molar-refractivity contribution is 6.29. The number of halogens is 2. The number of ether oxygens (including phenoxy) is 1. The Morgan fingerprint density at radius 1 is 1.31 bits per heavy atom. The van der Waals surface area contributed by atoms with Crippen LogP contribution in [0.3, 0.4) is 0 Å². The maximum absolute atomic E-state index is 17.2. The van der Waals surface area contributed by atoms with Crippen LogP contribution < -0.4 is 0 Å². The lowest BCUT2D eigenvalue weighted by Gasteiger charge is -2.62. The average Bonchev–Trinajstić information content (AvgIpc) is 2.96. The van der Waals surface area contributed by atoms with E-state index < -0.39 is 40.1 Å². The van der Waals surface area contributed by atoms with Gasteiger partial charge in [-0.05, 0) is 50.7 Å². The number of aliphatic hydroxyl groups is 1. The van der Waals surface area contributed by atoms with Gasteiger partial charge in [-0.25, -0.2) is 4.39 Å². The zero-order valence-electron chi connectivity index (χ0n) is 19.1. The molecule has 0 amide bonds. The van der Waals surface area contributed by atoms with Crippen molar-refractivity contribution in [3.8, 4) is 0 Å². The highest BCUT2D eigenvalue weighted by atomic mass is 35.5. The van der Waals surface area contributed by atoms with E-state index in [1.165, 1.54) is 12.2 Å². The zero-order valence-corrected chi connectivity index (χ0v) is 19.9. The maximum atomic E-state index is 17.2. The Labute approximate surface area is 193 Å². The van der Waals surface area contributed by atoms with Crippen molar-refractivity contribution >= 4 is 29.1 Å². The molecule has 0 bridgehead atoms. The summed E-state index contributed by atoms with van der Waals surface area (Å²) in [5.41, 5.74) is -4.83. The monoisotopic (exact) mass is 466 g/mol. The highest BCUT2D eigenvalue weighted by Gasteiger charge is 2.77. The smallest absolute Gasteiger partial charge is 0.306 e. The van der Waals surface area contributed by atoms with Gasteiger partial charge in [0, 0.05) is 29.1 Å². The van der Waals surface area contributed by atoms with Crippen LogP contribution in [0.2, 0.25) is 0 Å². The molecule has 0 spiro atoms. The summed E-state index contributed by atoms with van der Waals surface area (Å²) >= 11 is 6.01. The molecule has 1 N–H and O–H groups in total. The lowest BCUT2D eigenvalue weighted by molar-refractivity contribution is -0.227. The molecule has 8 atom stereocenters. The van der Waals surface area contributed by atoms with E-state index in [4.69, 9.17) is 16.3 Å². The number of aliphatic hydroxyl groups excluding tert-OH is 1. The second kappa shape index (κ2) is 7.49. The Morgan fingerprint density at radius 2 is 2.00 bits per heavy atom. The van der Waals surface area contributed by atoms with Crippen molar-refractivity contribution in [2.45, 2.75) is 77.2 Å². The van der Waals surface area contributed by atoms with Crippen molar-refractivity contribution in [1.29, 1.82) is 0 Å². The molecule has 0 heterocycles. The molecule has 7 heteroatoms. The van der Waals surface area contributed by atoms with E-state index in [2.05, 4.69) is 0 Å². The molecule has 4 aliphatic rings. The first-order valence-electron chi connectivity index (χ1n) is 11.5. The largest absolute Gasteiger partial charge is 0.450 e. The Balaban J connectivity index is 1.85. The third-order valence-electron chi connectivity index (χ3n) is 9.28. The molecule has 0 aromatic carbocycles. The van der Waals surface area contributed by atoms with Crippen LogP contribution in [0.15, 0.2) is 23.8 Å². The fraction of sp³-hybridized carbons (Fsp3) is 0.720. The van der Waals surface area contributed by atoms with Gasteiger partial charge < -0.3 is 9.84 Å². The number of hydrogen-bond donors (Lipinski definition) is 1. The summed E-state index contributed by atoms with van der Waals surface area (Å²) in [6.07, 6.45) is 4.67. The molecule has 4 unspecified atom stereocenters. The highest BCUT2D eigenvalue weighted by Crippen LogP contribution is 2.71. The van der Waals surface area contributed by atoms with E-state index in [-0.39, 0.29) is 42.1 Å². The quantitative estimate of drug-likeness (QED) is 0.498. The predicted molar refractivity (Wildman–Crippen MR) is 118 cm³/mol. The second-order valence-electron chi connectivity index (χ2n) is 10.5. The number of hydrogen-bond acceptors (Lipinski definition) is 5. The number of esters is 1. The minimum Gasteiger partial charge on any atom is -0.450 e. The first-order valence-corrected chi connectivity index (χ1v) is 12.1. The van der Waals surface area contributed by atoms with Gasteiger partial charge in [0.2, 0.25) is 0 Å². The predicted octanol–water partition coefficient (Wildman–Crippen LogP) is 4.10. The van der Waals surface area contributed by atoms with Crippen LogP contribution in [-0.2, 0) is 19.1 Å². The van der Waals surface area contributed by atoms with Crippen molar-refractivity contribution in [3.05, 3.63) is 23.8 Å². The standard InChI is InChI=1S/C25H32ClFO5/c1-5-21(31)32-25(20(30)13-26)14(2)10-18-17-7-6-15-11-16(28)8-9-22(15,3)24(17,27)19(29)12-23(18,25)4/h8-9,11,14,17-19,29H,5-7,10,12-13H2,1-4H3/t14?,17?,18?,19?,22-,23-,24-,25-/m0/s1. The van der Waals surface area contributed by atoms with E-state index in [1.54, 1.807) is 19.9 Å². The molecule has 0 radical (unpaired) electrons. The van der Waals surface area contributed by atoms with Gasteiger partial charge in [-0.3, -0.25) is 14.4 Å². The normalized spacial score (nSPS) is 47.2. The van der Waals surface area contributed by atoms with E-state index in [1.807, 2.05) is 13.8 Å². The third kappa shape index (κ3) is 2.68. The second-order valence-corrected chi connectivity index (χ2v) is 10.8. The van der Waals surface area contributed by atoms with Gasteiger partial charge in [-0.15, -0.1) is 11.6 Å². The molecule has 3 fully saturated rings. The van der Waals surface area contributed by atoms with Crippen LogP contribution in [0, 0.1) is 28.6 Å². The van der Waals surface area contributed by atoms with Crippen LogP contribution in [0.5, 0.6) is 0 Å². The fourth-order valence-electron chi connectivity index (χ4n) is 7.75. The zero-order chi connectivity index (χ0) is 23.7. The van der Waals surface area contributed by atoms with E-state index >= 15 is 4.39 Å². The van der Waals surface area contributed by atoms with Gasteiger partial charge >= 0.3 is 5.97 Å². The number of allylic oxidation sites excluding steroid dienone is 4. The number of rotatable bonds is 4. The Bertz CT molecular complexity index is 929. The Kier molecular flexibility index (Phi) is 5.53. The van der Waals surface area contributed by atoms with Gasteiger partial charge in [-0.2, -0.15) is 0 Å². The topological polar surface area (TPSA) is 80.7 Å². The molecule has 0 saturated heterocycles. The van der Waals surface area contributed by atoms with Gasteiger partial charge in [0.15, 0.2) is 22.8 Å². The number of alkyl halides is 2. The number of fused-ring (bicyclic) bond motifs is 5. The molecular weight excluding hydrogens is 435 g/mol. The summed E-state index contributed by atoms with van der Waals surface area (Å²) < 4.78 is 23.1. The molecule has 0 aromatic heterocycles. The first kappa shape index (κ1) is 23.6. The molecule has 5 nitrogen and oxygen atoms in total. The number of carbonyl (C=O) groups excluding carboxylic acids is 3. The van der Waals surface area contributed by atoms with Crippen molar-refractivity contribution < 1.29 is 28.6 Å². The van der Waals surface area contributed by atoms with Crippen molar-refractivity contribution in [2.24, 2.45) is 28.6 Å². The molecule has 176 valence electrons. The van der Waals surface area contributed by atoms with Gasteiger partial charge in [0.1, 0.15) is 0 Å². The number of ketones is 2. The molecule has 0 aliphatic heterocycles. The summed E-state index contributed by atoms with van der Waals surface area (Å²) in [4.78, 5) is 37.7. The summed E-state index contributed by atoms with van der Waals surface area (Å²) in [7, 11) is 0. The lowest BCUT2D eigenvalue weighted by Crippen LogP contribution is -2.70. The molecule has 0 aromatic rings. The first-order chi connectivity index (χ1) is 14.9. The minimum absolute atomic E-state index is 0.0285. The van der Waals surface area contributed by atoms with Gasteiger partial charge in [-0.1, -0.05) is 32.4 Å². The molecule has 32 heavy (non-hydrogen) atoms. The molecule has 4 aliphatic carbocycles. The van der Waals surface area contributed by atoms with Crippen molar-refractivity contribution in [3.63, 3.8) is 0 Å². The summed E-state index contributed by atoms with van der Waals surface area (Å²) in [5, 5.41) is 11.4. The number of carbonyl (C=O) groups is 3. The Morgan fingerprint density at radius 3 is 2.62 bits per heavy atom. The molecule has 3 saturated carbocycles. The fourth-order valence-corrected chi connectivity index (χ4v) is 7.95. The summed E-state index contributed by atoms with van der Waals surface area (Å²) in [6.45, 7) is 7.13. The minimum atomic E-state index is -1.99. The van der Waals surface area contributed by atoms with Crippen LogP contribution in [0.25, 0.3) is 0 Å². The van der Waals surface area contributed by atoms with Crippen molar-refractivity contribution in [2.75, 3.05) is 5.88 Å². The Hall–Kier alpha value is -1.53. The third-order valence-corrected chi connectivity index (χ3v) is 9.52. The lowest BCUT2D eigenvalue weighted by atomic mass is 9.44. The van der Waals surface area contributed by atoms with Crippen molar-refractivity contribution in [1.82, 2.24) is 0 Å². The van der Waals surface area contributed by atoms with Gasteiger partial charge in [0.05, 0.1) is 12.0 Å². The molecule has 4 rings (SSSR count). The number of Topliss-reactive ketones (excluding diaryl/α,β-unsaturated/α-hetero) is 1. The van der Waals surface area contributed by atoms with E-state index in [9.17, 15) is 19.5 Å². The van der Waals surface area contributed by atoms with Gasteiger partial charge in [0.25, 0.3) is 0 Å². The van der Waals surface area contributed by atoms with Crippen LogP contribution in [0.1, 0.15) is 59.8 Å². The van der Waals surface area contributed by atoms with Crippen LogP contribution in [0.4, 0.5) is 4.39 Å². The molecular formula is C25H32ClFO5. The summed E-state index contributed by atoms with van der Waals surface area (Å²) in [5.74, 6) is -2.57. The summed E-state index contributed by atoms with van der Waals surface area (Å²) in [6, 6.07) is 0. The van der Waals surface area contributed by atoms with E-state index in [0.717, 1.165) is 0 Å². The van der Waals surface area contributed by atoms with Crippen LogP contribution in [-0.4, -0.2) is 45.9 Å². The maximum Gasteiger partial charge on any atom is 0.306 e.